The molecule has 1 aliphatic heterocycles. The molecule has 2 aromatic carbocycles. The largest absolute Gasteiger partial charge is 0.497 e. The zero-order valence-electron chi connectivity index (χ0n) is 20.2. The van der Waals surface area contributed by atoms with Crippen molar-refractivity contribution in [2.75, 3.05) is 13.7 Å². The Bertz CT molecular complexity index is 1130. The van der Waals surface area contributed by atoms with Crippen molar-refractivity contribution < 1.29 is 14.3 Å². The fourth-order valence-corrected chi connectivity index (χ4v) is 5.18. The van der Waals surface area contributed by atoms with E-state index in [9.17, 15) is 4.79 Å². The monoisotopic (exact) mass is 459 g/mol. The minimum atomic E-state index is -0.161. The number of ether oxygens (including phenoxy) is 2. The normalized spacial score (nSPS) is 18.1. The highest BCUT2D eigenvalue weighted by atomic mass is 16.5. The van der Waals surface area contributed by atoms with Gasteiger partial charge in [0.15, 0.2) is 0 Å². The van der Waals surface area contributed by atoms with E-state index in [2.05, 4.69) is 41.1 Å². The summed E-state index contributed by atoms with van der Waals surface area (Å²) in [5, 5.41) is 7.66. The van der Waals surface area contributed by atoms with Crippen LogP contribution in [-0.2, 0) is 0 Å². The molecule has 1 unspecified atom stereocenters. The Kier molecular flexibility index (Phi) is 6.31. The number of carbonyl (C=O) groups excluding carboxylic acids is 1. The Morgan fingerprint density at radius 2 is 1.71 bits per heavy atom. The summed E-state index contributed by atoms with van der Waals surface area (Å²) in [5.74, 6) is 2.32. The molecule has 5 rings (SSSR count). The highest BCUT2D eigenvalue weighted by Crippen LogP contribution is 2.46. The van der Waals surface area contributed by atoms with Crippen molar-refractivity contribution in [1.82, 2.24) is 15.1 Å². The van der Waals surface area contributed by atoms with Gasteiger partial charge in [-0.3, -0.25) is 9.89 Å². The molecule has 0 radical (unpaired) electrons. The molecule has 0 bridgehead atoms. The van der Waals surface area contributed by atoms with Gasteiger partial charge in [-0.05, 0) is 67.1 Å². The van der Waals surface area contributed by atoms with Crippen LogP contribution in [0.5, 0.6) is 11.5 Å². The number of fused-ring (bicyclic) bond motifs is 1. The number of methoxy groups -OCH3 is 1. The van der Waals surface area contributed by atoms with Crippen LogP contribution in [0.4, 0.5) is 0 Å². The molecule has 178 valence electrons. The third-order valence-corrected chi connectivity index (χ3v) is 7.05. The third-order valence-electron chi connectivity index (χ3n) is 7.05. The van der Waals surface area contributed by atoms with Gasteiger partial charge >= 0.3 is 0 Å². The minimum Gasteiger partial charge on any atom is -0.497 e. The van der Waals surface area contributed by atoms with Crippen LogP contribution in [-0.4, -0.2) is 40.8 Å². The number of aromatic nitrogens is 2. The number of hydrogen-bond donors (Lipinski definition) is 1. The molecule has 6 heteroatoms. The summed E-state index contributed by atoms with van der Waals surface area (Å²) in [6.45, 7) is 5.11. The zero-order chi connectivity index (χ0) is 23.7. The number of hydrogen-bond acceptors (Lipinski definition) is 4. The molecule has 2 aliphatic rings. The van der Waals surface area contributed by atoms with Crippen LogP contribution in [0.25, 0.3) is 11.3 Å². The lowest BCUT2D eigenvalue weighted by Gasteiger charge is -2.32. The number of nitrogens with zero attached hydrogens (tertiary/aromatic N) is 2. The van der Waals surface area contributed by atoms with Gasteiger partial charge in [-0.1, -0.05) is 38.8 Å². The molecular weight excluding hydrogens is 426 g/mol. The predicted octanol–water partition coefficient (Wildman–Crippen LogP) is 6.00. The van der Waals surface area contributed by atoms with Gasteiger partial charge in [0.25, 0.3) is 5.91 Å². The number of aromatic amines is 1. The molecular formula is C28H33N3O3. The second-order valence-corrected chi connectivity index (χ2v) is 9.74. The first-order valence-electron chi connectivity index (χ1n) is 12.3. The van der Waals surface area contributed by atoms with Crippen LogP contribution in [0.3, 0.4) is 0 Å². The maximum absolute atomic E-state index is 13.6. The number of H-pyrrole nitrogens is 1. The Balaban J connectivity index is 1.51. The maximum atomic E-state index is 13.6. The topological polar surface area (TPSA) is 67.5 Å². The average molecular weight is 460 g/mol. The standard InChI is InChI=1S/C28H33N3O3/c1-18(2)16-17-34-23-14-10-20(11-15-23)27-24-25(19-8-12-22(33-3)13-9-19)29-30-26(24)28(32)31(27)21-6-4-5-7-21/h8-15,18,21,27H,4-7,16-17H2,1-3H3,(H,29,30). The number of rotatable bonds is 8. The van der Waals surface area contributed by atoms with E-state index >= 15 is 0 Å². The number of nitrogens with one attached hydrogen (secondary N) is 1. The fourth-order valence-electron chi connectivity index (χ4n) is 5.18. The van der Waals surface area contributed by atoms with Crippen LogP contribution in [0.2, 0.25) is 0 Å². The van der Waals surface area contributed by atoms with Gasteiger partial charge in [0, 0.05) is 17.2 Å². The van der Waals surface area contributed by atoms with Crippen molar-refractivity contribution in [3.8, 4) is 22.8 Å². The van der Waals surface area contributed by atoms with Gasteiger partial charge in [0.1, 0.15) is 17.2 Å². The molecule has 34 heavy (non-hydrogen) atoms. The van der Waals surface area contributed by atoms with E-state index in [1.54, 1.807) is 7.11 Å². The number of carbonyl (C=O) groups is 1. The highest BCUT2D eigenvalue weighted by molar-refractivity contribution is 6.00. The van der Waals surface area contributed by atoms with Crippen LogP contribution in [0.15, 0.2) is 48.5 Å². The highest BCUT2D eigenvalue weighted by Gasteiger charge is 2.45. The first-order chi connectivity index (χ1) is 16.6. The molecule has 0 saturated heterocycles. The molecule has 1 saturated carbocycles. The van der Waals surface area contributed by atoms with Gasteiger partial charge in [-0.25, -0.2) is 0 Å². The summed E-state index contributed by atoms with van der Waals surface area (Å²) < 4.78 is 11.3. The first-order valence-corrected chi connectivity index (χ1v) is 12.3. The van der Waals surface area contributed by atoms with E-state index in [0.29, 0.717) is 18.2 Å². The van der Waals surface area contributed by atoms with Crippen molar-refractivity contribution >= 4 is 5.91 Å². The van der Waals surface area contributed by atoms with Crippen LogP contribution in [0, 0.1) is 5.92 Å². The lowest BCUT2D eigenvalue weighted by Crippen LogP contribution is -2.37. The molecule has 1 N–H and O–H groups in total. The van der Waals surface area contributed by atoms with Crippen LogP contribution < -0.4 is 9.47 Å². The molecule has 3 aromatic rings. The Morgan fingerprint density at radius 1 is 1.03 bits per heavy atom. The summed E-state index contributed by atoms with van der Waals surface area (Å²) in [4.78, 5) is 15.7. The zero-order valence-corrected chi connectivity index (χ0v) is 20.2. The Labute approximate surface area is 201 Å². The average Bonchev–Trinajstić information content (AvgIpc) is 3.57. The van der Waals surface area contributed by atoms with E-state index in [0.717, 1.165) is 53.1 Å². The van der Waals surface area contributed by atoms with Gasteiger partial charge in [-0.2, -0.15) is 5.10 Å². The first kappa shape index (κ1) is 22.5. The summed E-state index contributed by atoms with van der Waals surface area (Å²) in [7, 11) is 1.66. The Hall–Kier alpha value is -3.28. The smallest absolute Gasteiger partial charge is 0.273 e. The summed E-state index contributed by atoms with van der Waals surface area (Å²) in [5.41, 5.74) is 4.47. The van der Waals surface area contributed by atoms with Crippen molar-refractivity contribution in [2.24, 2.45) is 5.92 Å². The van der Waals surface area contributed by atoms with E-state index < -0.39 is 0 Å². The fraction of sp³-hybridized carbons (Fsp3) is 0.429. The van der Waals surface area contributed by atoms with Crippen LogP contribution in [0.1, 0.15) is 73.6 Å². The third kappa shape index (κ3) is 4.17. The maximum Gasteiger partial charge on any atom is 0.273 e. The van der Waals surface area contributed by atoms with Gasteiger partial charge in [0.05, 0.1) is 25.5 Å². The number of benzene rings is 2. The lowest BCUT2D eigenvalue weighted by atomic mass is 9.95. The van der Waals surface area contributed by atoms with Gasteiger partial charge in [0.2, 0.25) is 0 Å². The van der Waals surface area contributed by atoms with E-state index in [4.69, 9.17) is 9.47 Å². The van der Waals surface area contributed by atoms with Crippen molar-refractivity contribution in [2.45, 2.75) is 58.0 Å². The van der Waals surface area contributed by atoms with Crippen LogP contribution >= 0.6 is 0 Å². The molecule has 1 atom stereocenters. The van der Waals surface area contributed by atoms with E-state index in [1.165, 1.54) is 12.8 Å². The van der Waals surface area contributed by atoms with E-state index in [-0.39, 0.29) is 18.0 Å². The minimum absolute atomic E-state index is 0.0522. The molecule has 1 aromatic heterocycles. The summed E-state index contributed by atoms with van der Waals surface area (Å²) >= 11 is 0. The number of amides is 1. The Morgan fingerprint density at radius 3 is 2.35 bits per heavy atom. The van der Waals surface area contributed by atoms with Gasteiger partial charge in [-0.15, -0.1) is 0 Å². The van der Waals surface area contributed by atoms with Crippen molar-refractivity contribution in [3.63, 3.8) is 0 Å². The van der Waals surface area contributed by atoms with Crippen molar-refractivity contribution in [3.05, 3.63) is 65.4 Å². The summed E-state index contributed by atoms with van der Waals surface area (Å²) in [6, 6.07) is 16.2. The molecule has 1 aliphatic carbocycles. The molecule has 2 heterocycles. The molecule has 0 spiro atoms. The summed E-state index contributed by atoms with van der Waals surface area (Å²) in [6.07, 6.45) is 5.46. The lowest BCUT2D eigenvalue weighted by molar-refractivity contribution is 0.0660. The van der Waals surface area contributed by atoms with Gasteiger partial charge < -0.3 is 14.4 Å². The molecule has 1 amide bonds. The second kappa shape index (κ2) is 9.53. The SMILES string of the molecule is COc1ccc(-c2n[nH]c3c2C(c2ccc(OCCC(C)C)cc2)N(C2CCCC2)C3=O)cc1. The molecule has 1 fully saturated rings. The molecule has 6 nitrogen and oxygen atoms in total. The quantitative estimate of drug-likeness (QED) is 0.449. The predicted molar refractivity (Wildman–Crippen MR) is 132 cm³/mol. The second-order valence-electron chi connectivity index (χ2n) is 9.74. The van der Waals surface area contributed by atoms with E-state index in [1.807, 2.05) is 36.4 Å². The van der Waals surface area contributed by atoms with Crippen molar-refractivity contribution in [1.29, 1.82) is 0 Å².